The van der Waals surface area contributed by atoms with Crippen molar-refractivity contribution in [2.24, 2.45) is 0 Å². The Morgan fingerprint density at radius 3 is 2.31 bits per heavy atom. The highest BCUT2D eigenvalue weighted by molar-refractivity contribution is 9.10. The molecule has 0 fully saturated rings. The molecule has 1 amide bonds. The zero-order valence-electron chi connectivity index (χ0n) is 14.8. The predicted octanol–water partition coefficient (Wildman–Crippen LogP) is 6.57. The minimum Gasteiger partial charge on any atom is -0.301 e. The quantitative estimate of drug-likeness (QED) is 0.301. The SMILES string of the molecule is O=C(CSc1nc(-c2ccc(F)cc2)cs1)Nc1nc(-c2ccc(Br)cc2)cs1. The van der Waals surface area contributed by atoms with E-state index >= 15 is 0 Å². The molecule has 0 unspecified atom stereocenters. The average Bonchev–Trinajstić information content (AvgIpc) is 3.37. The number of amides is 1. The third kappa shape index (κ3) is 5.30. The fourth-order valence-electron chi connectivity index (χ4n) is 2.44. The third-order valence-corrected chi connectivity index (χ3v) is 7.15. The van der Waals surface area contributed by atoms with Crippen LogP contribution in [0, 0.1) is 5.82 Å². The molecule has 2 aromatic heterocycles. The van der Waals surface area contributed by atoms with E-state index in [-0.39, 0.29) is 17.5 Å². The summed E-state index contributed by atoms with van der Waals surface area (Å²) in [5.41, 5.74) is 3.45. The molecule has 4 rings (SSSR count). The molecule has 146 valence electrons. The van der Waals surface area contributed by atoms with Gasteiger partial charge in [-0.1, -0.05) is 39.8 Å². The first-order valence-electron chi connectivity index (χ1n) is 8.42. The summed E-state index contributed by atoms with van der Waals surface area (Å²) < 4.78 is 14.8. The van der Waals surface area contributed by atoms with Crippen LogP contribution in [-0.4, -0.2) is 21.6 Å². The minimum absolute atomic E-state index is 0.134. The van der Waals surface area contributed by atoms with Crippen molar-refractivity contribution in [1.82, 2.24) is 9.97 Å². The van der Waals surface area contributed by atoms with Crippen molar-refractivity contribution < 1.29 is 9.18 Å². The van der Waals surface area contributed by atoms with E-state index in [1.54, 1.807) is 12.1 Å². The summed E-state index contributed by atoms with van der Waals surface area (Å²) in [4.78, 5) is 21.2. The number of thioether (sulfide) groups is 1. The maximum absolute atomic E-state index is 13.0. The van der Waals surface area contributed by atoms with Gasteiger partial charge in [0, 0.05) is 26.4 Å². The fraction of sp³-hybridized carbons (Fsp3) is 0.0500. The zero-order valence-corrected chi connectivity index (χ0v) is 18.8. The Balaban J connectivity index is 1.33. The van der Waals surface area contributed by atoms with Gasteiger partial charge in [0.25, 0.3) is 0 Å². The molecule has 0 saturated heterocycles. The number of benzene rings is 2. The molecule has 2 aromatic carbocycles. The van der Waals surface area contributed by atoms with Gasteiger partial charge in [-0.3, -0.25) is 4.79 Å². The van der Waals surface area contributed by atoms with Gasteiger partial charge in [0.05, 0.1) is 17.1 Å². The van der Waals surface area contributed by atoms with Crippen molar-refractivity contribution in [2.75, 3.05) is 11.1 Å². The van der Waals surface area contributed by atoms with E-state index in [0.717, 1.165) is 31.3 Å². The van der Waals surface area contributed by atoms with E-state index in [9.17, 15) is 9.18 Å². The first-order valence-corrected chi connectivity index (χ1v) is 12.0. The highest BCUT2D eigenvalue weighted by Crippen LogP contribution is 2.29. The van der Waals surface area contributed by atoms with Gasteiger partial charge >= 0.3 is 0 Å². The summed E-state index contributed by atoms with van der Waals surface area (Å²) in [7, 11) is 0. The maximum atomic E-state index is 13.0. The lowest BCUT2D eigenvalue weighted by molar-refractivity contribution is -0.113. The van der Waals surface area contributed by atoms with E-state index in [1.165, 1.54) is 46.6 Å². The third-order valence-electron chi connectivity index (χ3n) is 3.84. The number of rotatable bonds is 6. The van der Waals surface area contributed by atoms with E-state index in [2.05, 4.69) is 31.2 Å². The van der Waals surface area contributed by atoms with Crippen LogP contribution < -0.4 is 5.32 Å². The van der Waals surface area contributed by atoms with E-state index in [4.69, 9.17) is 0 Å². The number of halogens is 2. The Hall–Kier alpha value is -2.07. The smallest absolute Gasteiger partial charge is 0.236 e. The first-order chi connectivity index (χ1) is 14.1. The predicted molar refractivity (Wildman–Crippen MR) is 122 cm³/mol. The van der Waals surface area contributed by atoms with Crippen molar-refractivity contribution in [3.05, 3.63) is 69.6 Å². The standard InChI is InChI=1S/C20H13BrFN3OS3/c21-14-5-1-12(2-6-14)16-9-27-19(23-16)25-18(26)11-29-20-24-17(10-28-20)13-3-7-15(22)8-4-13/h1-10H,11H2,(H,23,25,26). The fourth-order valence-corrected chi connectivity index (χ4v) is 5.08. The number of hydrogen-bond acceptors (Lipinski definition) is 6. The molecule has 0 radical (unpaired) electrons. The van der Waals surface area contributed by atoms with Gasteiger partial charge in [0.1, 0.15) is 5.82 Å². The van der Waals surface area contributed by atoms with Crippen molar-refractivity contribution in [1.29, 1.82) is 0 Å². The van der Waals surface area contributed by atoms with Crippen molar-refractivity contribution in [2.45, 2.75) is 4.34 Å². The van der Waals surface area contributed by atoms with Crippen molar-refractivity contribution in [3.63, 3.8) is 0 Å². The molecule has 0 aliphatic heterocycles. The number of carbonyl (C=O) groups excluding carboxylic acids is 1. The van der Waals surface area contributed by atoms with Crippen LogP contribution >= 0.6 is 50.4 Å². The molecule has 2 heterocycles. The molecule has 9 heteroatoms. The highest BCUT2D eigenvalue weighted by Gasteiger charge is 2.11. The number of nitrogens with one attached hydrogen (secondary N) is 1. The number of aromatic nitrogens is 2. The normalized spacial score (nSPS) is 10.8. The molecule has 0 atom stereocenters. The second-order valence-corrected chi connectivity index (χ2v) is 9.74. The molecule has 0 saturated carbocycles. The lowest BCUT2D eigenvalue weighted by Crippen LogP contribution is -2.13. The van der Waals surface area contributed by atoms with E-state index in [1.807, 2.05) is 35.0 Å². The van der Waals surface area contributed by atoms with Crippen LogP contribution in [0.25, 0.3) is 22.5 Å². The molecule has 0 aliphatic rings. The van der Waals surface area contributed by atoms with Crippen LogP contribution in [0.4, 0.5) is 9.52 Å². The van der Waals surface area contributed by atoms with Gasteiger partial charge in [0.15, 0.2) is 9.47 Å². The summed E-state index contributed by atoms with van der Waals surface area (Å²) in [5.74, 6) is -0.171. The van der Waals surface area contributed by atoms with Gasteiger partial charge in [-0.05, 0) is 36.4 Å². The van der Waals surface area contributed by atoms with Crippen LogP contribution in [0.5, 0.6) is 0 Å². The minimum atomic E-state index is -0.277. The average molecular weight is 506 g/mol. The molecular weight excluding hydrogens is 493 g/mol. The van der Waals surface area contributed by atoms with Gasteiger partial charge < -0.3 is 5.32 Å². The van der Waals surface area contributed by atoms with E-state index in [0.29, 0.717) is 5.13 Å². The van der Waals surface area contributed by atoms with Crippen LogP contribution in [0.2, 0.25) is 0 Å². The molecule has 0 aliphatic carbocycles. The van der Waals surface area contributed by atoms with Gasteiger partial charge in [-0.2, -0.15) is 0 Å². The largest absolute Gasteiger partial charge is 0.301 e. The van der Waals surface area contributed by atoms with Gasteiger partial charge in [-0.15, -0.1) is 22.7 Å². The first kappa shape index (κ1) is 20.2. The molecule has 1 N–H and O–H groups in total. The zero-order chi connectivity index (χ0) is 20.2. The summed E-state index contributed by atoms with van der Waals surface area (Å²) in [6.07, 6.45) is 0. The van der Waals surface area contributed by atoms with E-state index < -0.39 is 0 Å². The Labute approximate surface area is 187 Å². The Morgan fingerprint density at radius 2 is 1.59 bits per heavy atom. The van der Waals surface area contributed by atoms with Gasteiger partial charge in [-0.25, -0.2) is 14.4 Å². The molecular formula is C20H13BrFN3OS3. The lowest BCUT2D eigenvalue weighted by Gasteiger charge is -2.00. The number of carbonyl (C=O) groups is 1. The van der Waals surface area contributed by atoms with Crippen molar-refractivity contribution in [3.8, 4) is 22.5 Å². The Bertz CT molecular complexity index is 1130. The second kappa shape index (κ2) is 9.17. The molecule has 29 heavy (non-hydrogen) atoms. The molecule has 0 bridgehead atoms. The van der Waals surface area contributed by atoms with Crippen LogP contribution in [0.1, 0.15) is 0 Å². The Morgan fingerprint density at radius 1 is 0.966 bits per heavy atom. The van der Waals surface area contributed by atoms with Gasteiger partial charge in [0.2, 0.25) is 5.91 Å². The molecule has 4 nitrogen and oxygen atoms in total. The number of nitrogens with zero attached hydrogens (tertiary/aromatic N) is 2. The number of thiazole rings is 2. The summed E-state index contributed by atoms with van der Waals surface area (Å²) in [6, 6.07) is 14.1. The number of anilines is 1. The van der Waals surface area contributed by atoms with Crippen LogP contribution in [-0.2, 0) is 4.79 Å². The number of hydrogen-bond donors (Lipinski definition) is 1. The maximum Gasteiger partial charge on any atom is 0.236 e. The van der Waals surface area contributed by atoms with Crippen LogP contribution in [0.15, 0.2) is 68.1 Å². The summed E-state index contributed by atoms with van der Waals surface area (Å²) >= 11 is 7.63. The topological polar surface area (TPSA) is 54.9 Å². The Kier molecular flexibility index (Phi) is 6.39. The molecule has 0 spiro atoms. The summed E-state index contributed by atoms with van der Waals surface area (Å²) in [5, 5.41) is 7.22. The molecule has 4 aromatic rings. The monoisotopic (exact) mass is 505 g/mol. The van der Waals surface area contributed by atoms with Crippen molar-refractivity contribution >= 4 is 61.4 Å². The lowest BCUT2D eigenvalue weighted by atomic mass is 10.2. The highest BCUT2D eigenvalue weighted by atomic mass is 79.9. The second-order valence-electron chi connectivity index (χ2n) is 5.89. The summed E-state index contributed by atoms with van der Waals surface area (Å²) in [6.45, 7) is 0. The van der Waals surface area contributed by atoms with Crippen LogP contribution in [0.3, 0.4) is 0 Å².